The third-order valence-corrected chi connectivity index (χ3v) is 4.51. The van der Waals surface area contributed by atoms with E-state index in [0.29, 0.717) is 17.5 Å². The standard InChI is InChI=1S/C12H18FNO3S/c1-8-6-11(13)7-9(2)12(8)18(16,17)14-10(3)4-5-15/h6-7,10,14-15H,4-5H2,1-3H3. The molecule has 0 saturated carbocycles. The molecule has 102 valence electrons. The minimum absolute atomic E-state index is 0.0922. The van der Waals surface area contributed by atoms with Gasteiger partial charge in [0.1, 0.15) is 5.82 Å². The number of aliphatic hydroxyl groups excluding tert-OH is 1. The molecule has 6 heteroatoms. The first-order chi connectivity index (χ1) is 8.27. The van der Waals surface area contributed by atoms with Crippen molar-refractivity contribution in [3.63, 3.8) is 0 Å². The first-order valence-corrected chi connectivity index (χ1v) is 7.16. The van der Waals surface area contributed by atoms with Crippen LogP contribution in [0.1, 0.15) is 24.5 Å². The summed E-state index contributed by atoms with van der Waals surface area (Å²) in [4.78, 5) is 0.105. The molecule has 18 heavy (non-hydrogen) atoms. The third kappa shape index (κ3) is 3.51. The Morgan fingerprint density at radius 3 is 2.28 bits per heavy atom. The predicted octanol–water partition coefficient (Wildman–Crippen LogP) is 1.49. The van der Waals surface area contributed by atoms with Gasteiger partial charge in [-0.05, 0) is 50.5 Å². The number of nitrogens with one attached hydrogen (secondary N) is 1. The van der Waals surface area contributed by atoms with Gasteiger partial charge in [-0.25, -0.2) is 17.5 Å². The van der Waals surface area contributed by atoms with Gasteiger partial charge in [0.15, 0.2) is 0 Å². The Labute approximate surface area is 107 Å². The van der Waals surface area contributed by atoms with E-state index in [2.05, 4.69) is 4.72 Å². The van der Waals surface area contributed by atoms with Crippen LogP contribution in [-0.2, 0) is 10.0 Å². The molecule has 0 heterocycles. The van der Waals surface area contributed by atoms with Crippen molar-refractivity contribution in [2.24, 2.45) is 0 Å². The average Bonchev–Trinajstić information content (AvgIpc) is 2.13. The number of benzene rings is 1. The van der Waals surface area contributed by atoms with Crippen molar-refractivity contribution in [3.8, 4) is 0 Å². The molecular weight excluding hydrogens is 257 g/mol. The van der Waals surface area contributed by atoms with Gasteiger partial charge in [0.05, 0.1) is 4.90 Å². The maximum absolute atomic E-state index is 13.1. The van der Waals surface area contributed by atoms with Crippen molar-refractivity contribution in [3.05, 3.63) is 29.1 Å². The lowest BCUT2D eigenvalue weighted by molar-refractivity contribution is 0.275. The lowest BCUT2D eigenvalue weighted by atomic mass is 10.1. The molecule has 0 fully saturated rings. The van der Waals surface area contributed by atoms with Crippen LogP contribution in [0.2, 0.25) is 0 Å². The fourth-order valence-corrected chi connectivity index (χ4v) is 3.63. The van der Waals surface area contributed by atoms with E-state index in [0.717, 1.165) is 0 Å². The van der Waals surface area contributed by atoms with Gasteiger partial charge in [-0.2, -0.15) is 0 Å². The minimum atomic E-state index is -3.69. The molecule has 0 amide bonds. The maximum atomic E-state index is 13.1. The van der Waals surface area contributed by atoms with Crippen LogP contribution >= 0.6 is 0 Å². The molecule has 2 N–H and O–H groups in total. The molecular formula is C12H18FNO3S. The van der Waals surface area contributed by atoms with Crippen molar-refractivity contribution < 1.29 is 17.9 Å². The molecule has 4 nitrogen and oxygen atoms in total. The second kappa shape index (κ2) is 5.77. The summed E-state index contributed by atoms with van der Waals surface area (Å²) in [6.07, 6.45) is 0.332. The van der Waals surface area contributed by atoms with Crippen molar-refractivity contribution in [2.75, 3.05) is 6.61 Å². The Bertz CT molecular complexity index is 505. The summed E-state index contributed by atoms with van der Waals surface area (Å²) in [5.41, 5.74) is 0.743. The van der Waals surface area contributed by atoms with Crippen molar-refractivity contribution in [1.29, 1.82) is 0 Å². The number of sulfonamides is 1. The zero-order chi connectivity index (χ0) is 13.9. The van der Waals surface area contributed by atoms with Crippen LogP contribution in [0.25, 0.3) is 0 Å². The normalized spacial score (nSPS) is 13.6. The van der Waals surface area contributed by atoms with Crippen LogP contribution < -0.4 is 4.72 Å². The topological polar surface area (TPSA) is 66.4 Å². The molecule has 0 aromatic heterocycles. The van der Waals surface area contributed by atoms with E-state index in [9.17, 15) is 12.8 Å². The summed E-state index contributed by atoms with van der Waals surface area (Å²) >= 11 is 0. The quantitative estimate of drug-likeness (QED) is 0.855. The van der Waals surface area contributed by atoms with E-state index in [1.165, 1.54) is 12.1 Å². The maximum Gasteiger partial charge on any atom is 0.241 e. The Morgan fingerprint density at radius 1 is 1.33 bits per heavy atom. The second-order valence-electron chi connectivity index (χ2n) is 4.40. The van der Waals surface area contributed by atoms with Crippen molar-refractivity contribution >= 4 is 10.0 Å². The van der Waals surface area contributed by atoms with Gasteiger partial charge in [0.25, 0.3) is 0 Å². The van der Waals surface area contributed by atoms with E-state index >= 15 is 0 Å². The van der Waals surface area contributed by atoms with Gasteiger partial charge in [-0.1, -0.05) is 0 Å². The number of hydrogen-bond donors (Lipinski definition) is 2. The summed E-state index contributed by atoms with van der Waals surface area (Å²) in [5, 5.41) is 8.77. The molecule has 1 aromatic carbocycles. The van der Waals surface area contributed by atoms with Crippen LogP contribution in [0.15, 0.2) is 17.0 Å². The number of aryl methyl sites for hydroxylation is 2. The molecule has 0 aliphatic rings. The highest BCUT2D eigenvalue weighted by Gasteiger charge is 2.22. The zero-order valence-electron chi connectivity index (χ0n) is 10.7. The van der Waals surface area contributed by atoms with Crippen LogP contribution in [-0.4, -0.2) is 26.2 Å². The number of hydrogen-bond acceptors (Lipinski definition) is 3. The highest BCUT2D eigenvalue weighted by molar-refractivity contribution is 7.89. The molecule has 1 atom stereocenters. The van der Waals surface area contributed by atoms with E-state index in [1.54, 1.807) is 20.8 Å². The predicted molar refractivity (Wildman–Crippen MR) is 67.4 cm³/mol. The van der Waals surface area contributed by atoms with Crippen molar-refractivity contribution in [1.82, 2.24) is 4.72 Å². The zero-order valence-corrected chi connectivity index (χ0v) is 11.5. The Morgan fingerprint density at radius 2 is 1.83 bits per heavy atom. The first kappa shape index (κ1) is 15.1. The summed E-state index contributed by atoms with van der Waals surface area (Å²) in [7, 11) is -3.69. The van der Waals surface area contributed by atoms with Crippen LogP contribution in [0, 0.1) is 19.7 Å². The van der Waals surface area contributed by atoms with E-state index < -0.39 is 15.8 Å². The van der Waals surface area contributed by atoms with E-state index in [-0.39, 0.29) is 17.5 Å². The molecule has 0 spiro atoms. The molecule has 0 saturated heterocycles. The monoisotopic (exact) mass is 275 g/mol. The van der Waals surface area contributed by atoms with Crippen LogP contribution in [0.3, 0.4) is 0 Å². The summed E-state index contributed by atoms with van der Waals surface area (Å²) < 4.78 is 39.9. The SMILES string of the molecule is Cc1cc(F)cc(C)c1S(=O)(=O)NC(C)CCO. The molecule has 1 rings (SSSR count). The third-order valence-electron chi connectivity index (χ3n) is 2.61. The fourth-order valence-electron chi connectivity index (χ4n) is 1.90. The van der Waals surface area contributed by atoms with E-state index in [4.69, 9.17) is 5.11 Å². The lowest BCUT2D eigenvalue weighted by Crippen LogP contribution is -2.34. The van der Waals surface area contributed by atoms with Gasteiger partial charge in [0.2, 0.25) is 10.0 Å². The van der Waals surface area contributed by atoms with Crippen LogP contribution in [0.5, 0.6) is 0 Å². The number of aliphatic hydroxyl groups is 1. The minimum Gasteiger partial charge on any atom is -0.396 e. The van der Waals surface area contributed by atoms with Gasteiger partial charge < -0.3 is 5.11 Å². The molecule has 1 aromatic rings. The molecule has 1 unspecified atom stereocenters. The highest BCUT2D eigenvalue weighted by Crippen LogP contribution is 2.21. The van der Waals surface area contributed by atoms with Gasteiger partial charge in [-0.3, -0.25) is 0 Å². The molecule has 0 bridgehead atoms. The van der Waals surface area contributed by atoms with Crippen molar-refractivity contribution in [2.45, 2.75) is 38.1 Å². The summed E-state index contributed by atoms with van der Waals surface area (Å²) in [6, 6.07) is 2.01. The first-order valence-electron chi connectivity index (χ1n) is 5.68. The number of rotatable bonds is 5. The summed E-state index contributed by atoms with van der Waals surface area (Å²) in [6.45, 7) is 4.69. The van der Waals surface area contributed by atoms with Crippen LogP contribution in [0.4, 0.5) is 4.39 Å². The fraction of sp³-hybridized carbons (Fsp3) is 0.500. The van der Waals surface area contributed by atoms with E-state index in [1.807, 2.05) is 0 Å². The second-order valence-corrected chi connectivity index (χ2v) is 6.05. The number of halogens is 1. The average molecular weight is 275 g/mol. The van der Waals surface area contributed by atoms with Gasteiger partial charge in [-0.15, -0.1) is 0 Å². The molecule has 0 aliphatic heterocycles. The Balaban J connectivity index is 3.13. The lowest BCUT2D eigenvalue weighted by Gasteiger charge is -2.16. The molecule has 0 aliphatic carbocycles. The highest BCUT2D eigenvalue weighted by atomic mass is 32.2. The van der Waals surface area contributed by atoms with Gasteiger partial charge >= 0.3 is 0 Å². The largest absolute Gasteiger partial charge is 0.396 e. The smallest absolute Gasteiger partial charge is 0.241 e. The summed E-state index contributed by atoms with van der Waals surface area (Å²) in [5.74, 6) is -0.452. The van der Waals surface area contributed by atoms with Gasteiger partial charge in [0, 0.05) is 12.6 Å². The molecule has 0 radical (unpaired) electrons. The Kier molecular flexibility index (Phi) is 4.84. The Hall–Kier alpha value is -0.980.